The Morgan fingerprint density at radius 2 is 0.821 bits per heavy atom. The van der Waals surface area contributed by atoms with Gasteiger partial charge in [-0.2, -0.15) is 0 Å². The Morgan fingerprint density at radius 3 is 1.04 bits per heavy atom. The first-order chi connectivity index (χ1) is 13.7. The minimum absolute atomic E-state index is 0.595. The van der Waals surface area contributed by atoms with Gasteiger partial charge in [-0.3, -0.25) is 0 Å². The highest BCUT2D eigenvalue weighted by atomic mass is 31.2. The predicted molar refractivity (Wildman–Crippen MR) is 116 cm³/mol. The van der Waals surface area contributed by atoms with Crippen molar-refractivity contribution < 1.29 is 18.7 Å². The molecule has 0 aliphatic heterocycles. The van der Waals surface area contributed by atoms with Crippen molar-refractivity contribution in [2.75, 3.05) is 27.9 Å². The van der Waals surface area contributed by atoms with Gasteiger partial charge >= 0.3 is 0 Å². The lowest BCUT2D eigenvalue weighted by molar-refractivity contribution is 0.381. The maximum absolute atomic E-state index is 6.60. The van der Waals surface area contributed by atoms with Gasteiger partial charge in [0.25, 0.3) is 0 Å². The van der Waals surface area contributed by atoms with E-state index >= 15 is 0 Å². The molecule has 0 aromatic heterocycles. The fourth-order valence-electron chi connectivity index (χ4n) is 3.24. The van der Waals surface area contributed by atoms with Crippen LogP contribution < -0.4 is 30.1 Å². The van der Waals surface area contributed by atoms with Gasteiger partial charge in [0.2, 0.25) is 7.49 Å². The fraction of sp³-hybridized carbons (Fsp3) is 0.217. The second kappa shape index (κ2) is 9.09. The molecule has 28 heavy (non-hydrogen) atoms. The molecule has 0 saturated heterocycles. The Kier molecular flexibility index (Phi) is 6.56. The second-order valence-corrected chi connectivity index (χ2v) is 9.15. The lowest BCUT2D eigenvalue weighted by Gasteiger charge is -2.25. The molecule has 0 bridgehead atoms. The van der Waals surface area contributed by atoms with E-state index in [9.17, 15) is 0 Å². The number of methoxy groups -OCH3 is 3. The van der Waals surface area contributed by atoms with Gasteiger partial charge in [-0.05, 0) is 79.7 Å². The third kappa shape index (κ3) is 3.84. The van der Waals surface area contributed by atoms with Crippen molar-refractivity contribution in [1.82, 2.24) is 0 Å². The van der Waals surface area contributed by atoms with Gasteiger partial charge in [0, 0.05) is 0 Å². The van der Waals surface area contributed by atoms with Crippen LogP contribution in [0.3, 0.4) is 0 Å². The number of ether oxygens (including phenoxy) is 3. The summed E-state index contributed by atoms with van der Waals surface area (Å²) in [5.74, 6) is 2.47. The summed E-state index contributed by atoms with van der Waals surface area (Å²) in [4.78, 5) is 0. The summed E-state index contributed by atoms with van der Waals surface area (Å²) < 4.78 is 22.7. The van der Waals surface area contributed by atoms with E-state index < -0.39 is 7.49 Å². The molecule has 3 aromatic rings. The highest BCUT2D eigenvalue weighted by Gasteiger charge is 2.48. The molecule has 3 rings (SSSR count). The Hall–Kier alpha value is -2.55. The van der Waals surface area contributed by atoms with Crippen LogP contribution in [0, 0.1) is 0 Å². The fourth-order valence-corrected chi connectivity index (χ4v) is 6.68. The average molecular weight is 397 g/mol. The maximum Gasteiger partial charge on any atom is 0.242 e. The van der Waals surface area contributed by atoms with Crippen LogP contribution in [0.4, 0.5) is 0 Å². The van der Waals surface area contributed by atoms with Crippen LogP contribution >= 0.6 is 7.49 Å². The number of benzene rings is 3. The van der Waals surface area contributed by atoms with Crippen molar-refractivity contribution in [1.29, 1.82) is 0 Å². The summed E-state index contributed by atoms with van der Waals surface area (Å²) in [5.41, 5.74) is 0. The van der Waals surface area contributed by atoms with Crippen molar-refractivity contribution in [3.63, 3.8) is 0 Å². The lowest BCUT2D eigenvalue weighted by Crippen LogP contribution is -2.33. The summed E-state index contributed by atoms with van der Waals surface area (Å²) in [6, 6.07) is 24.5. The van der Waals surface area contributed by atoms with Crippen molar-refractivity contribution in [3.05, 3.63) is 72.8 Å². The molecule has 3 aromatic carbocycles. The summed E-state index contributed by atoms with van der Waals surface area (Å²) in [6.45, 7) is 2.63. The van der Waals surface area contributed by atoms with Crippen LogP contribution in [0.5, 0.6) is 17.2 Å². The highest BCUT2D eigenvalue weighted by Crippen LogP contribution is 2.56. The summed E-state index contributed by atoms with van der Waals surface area (Å²) in [7, 11) is 2.71. The van der Waals surface area contributed by atoms with Crippen molar-refractivity contribution in [3.8, 4) is 17.2 Å². The number of hydrogen-bond donors (Lipinski definition) is 0. The van der Waals surface area contributed by atoms with Crippen LogP contribution in [0.2, 0.25) is 0 Å². The van der Waals surface area contributed by atoms with Crippen LogP contribution in [0.1, 0.15) is 6.92 Å². The standard InChI is InChI=1S/C23H26O4P/c1-5-27-28(21-12-6-18(24-2)7-13-21,22-14-8-19(25-3)9-15-22)23-16-10-20(26-4)11-17-23/h6-17H,5H2,1-4H3/q+1. The Bertz CT molecular complexity index is 758. The lowest BCUT2D eigenvalue weighted by atomic mass is 10.3. The van der Waals surface area contributed by atoms with E-state index in [-0.39, 0.29) is 0 Å². The molecule has 0 N–H and O–H groups in total. The highest BCUT2D eigenvalue weighted by molar-refractivity contribution is 7.91. The van der Waals surface area contributed by atoms with Crippen molar-refractivity contribution >= 4 is 23.4 Å². The van der Waals surface area contributed by atoms with E-state index in [4.69, 9.17) is 18.7 Å². The van der Waals surface area contributed by atoms with Crippen LogP contribution in [0.25, 0.3) is 0 Å². The van der Waals surface area contributed by atoms with Gasteiger partial charge in [0.05, 0.1) is 27.9 Å². The minimum atomic E-state index is -2.31. The van der Waals surface area contributed by atoms with Crippen molar-refractivity contribution in [2.24, 2.45) is 0 Å². The topological polar surface area (TPSA) is 36.9 Å². The van der Waals surface area contributed by atoms with Gasteiger partial charge < -0.3 is 14.2 Å². The molecule has 0 atom stereocenters. The zero-order chi connectivity index (χ0) is 20.0. The Balaban J connectivity index is 2.23. The van der Waals surface area contributed by atoms with E-state index in [0.29, 0.717) is 6.61 Å². The molecule has 0 fully saturated rings. The number of rotatable bonds is 8. The third-order valence-electron chi connectivity index (χ3n) is 4.63. The molecule has 146 valence electrons. The van der Waals surface area contributed by atoms with E-state index in [0.717, 1.165) is 33.2 Å². The summed E-state index contributed by atoms with van der Waals surface area (Å²) >= 11 is 0. The smallest absolute Gasteiger partial charge is 0.242 e. The van der Waals surface area contributed by atoms with Gasteiger partial charge in [0.1, 0.15) is 33.2 Å². The van der Waals surface area contributed by atoms with Crippen LogP contribution in [0.15, 0.2) is 72.8 Å². The quantitative estimate of drug-likeness (QED) is 0.539. The normalized spacial score (nSPS) is 11.1. The summed E-state index contributed by atoms with van der Waals surface area (Å²) in [6.07, 6.45) is 0. The Morgan fingerprint density at radius 1 is 0.536 bits per heavy atom. The molecule has 0 heterocycles. The first kappa shape index (κ1) is 20.2. The minimum Gasteiger partial charge on any atom is -0.497 e. The SMILES string of the molecule is CCO[P+](c1ccc(OC)cc1)(c1ccc(OC)cc1)c1ccc(OC)cc1. The molecular weight excluding hydrogens is 371 g/mol. The first-order valence-corrected chi connectivity index (χ1v) is 10.9. The van der Waals surface area contributed by atoms with Crippen LogP contribution in [-0.2, 0) is 4.52 Å². The van der Waals surface area contributed by atoms with E-state index in [1.54, 1.807) is 21.3 Å². The van der Waals surface area contributed by atoms with E-state index in [2.05, 4.69) is 36.4 Å². The van der Waals surface area contributed by atoms with Gasteiger partial charge in [-0.15, -0.1) is 0 Å². The zero-order valence-corrected chi connectivity index (χ0v) is 17.6. The first-order valence-electron chi connectivity index (χ1n) is 9.15. The number of hydrogen-bond acceptors (Lipinski definition) is 4. The molecule has 4 nitrogen and oxygen atoms in total. The molecule has 0 radical (unpaired) electrons. The van der Waals surface area contributed by atoms with Gasteiger partial charge in [-0.1, -0.05) is 0 Å². The van der Waals surface area contributed by atoms with Crippen molar-refractivity contribution in [2.45, 2.75) is 6.92 Å². The molecule has 0 unspecified atom stereocenters. The molecule has 0 aliphatic carbocycles. The zero-order valence-electron chi connectivity index (χ0n) is 16.7. The third-order valence-corrected chi connectivity index (χ3v) is 8.35. The molecule has 0 aliphatic rings. The van der Waals surface area contributed by atoms with E-state index in [1.165, 1.54) is 0 Å². The molecule has 0 spiro atoms. The molecule has 0 amide bonds. The molecular formula is C23H26O4P+. The average Bonchev–Trinajstić information content (AvgIpc) is 2.78. The van der Waals surface area contributed by atoms with E-state index in [1.807, 2.05) is 43.3 Å². The van der Waals surface area contributed by atoms with Crippen LogP contribution in [-0.4, -0.2) is 27.9 Å². The predicted octanol–water partition coefficient (Wildman–Crippen LogP) is 3.96. The van der Waals surface area contributed by atoms with Gasteiger partial charge in [0.15, 0.2) is 0 Å². The monoisotopic (exact) mass is 397 g/mol. The maximum atomic E-state index is 6.60. The Labute approximate surface area is 167 Å². The molecule has 0 saturated carbocycles. The second-order valence-electron chi connectivity index (χ2n) is 6.12. The van der Waals surface area contributed by atoms with Gasteiger partial charge in [-0.25, -0.2) is 4.52 Å². The summed E-state index contributed by atoms with van der Waals surface area (Å²) in [5, 5.41) is 3.39. The molecule has 5 heteroatoms. The largest absolute Gasteiger partial charge is 0.497 e.